The monoisotopic (exact) mass is 439 g/mol. The topological polar surface area (TPSA) is 55.8 Å². The summed E-state index contributed by atoms with van der Waals surface area (Å²) < 4.78 is 12.5. The van der Waals surface area contributed by atoms with Gasteiger partial charge in [0.05, 0.1) is 24.3 Å². The largest absolute Gasteiger partial charge is 0.460 e. The van der Waals surface area contributed by atoms with E-state index in [1.165, 1.54) is 0 Å². The molecule has 3 heterocycles. The predicted octanol–water partition coefficient (Wildman–Crippen LogP) is 3.48. The lowest BCUT2D eigenvalue weighted by molar-refractivity contribution is -0.153. The van der Waals surface area contributed by atoms with Crippen molar-refractivity contribution in [3.8, 4) is 0 Å². The Morgan fingerprint density at radius 1 is 1.18 bits per heavy atom. The van der Waals surface area contributed by atoms with E-state index in [2.05, 4.69) is 15.9 Å². The Kier molecular flexibility index (Phi) is 4.14. The van der Waals surface area contributed by atoms with Gasteiger partial charge in [0.15, 0.2) is 0 Å². The van der Waals surface area contributed by atoms with Gasteiger partial charge < -0.3 is 14.4 Å². The molecule has 6 heteroatoms. The van der Waals surface area contributed by atoms with Crippen LogP contribution in [0.15, 0.2) is 71.2 Å². The maximum atomic E-state index is 13.3. The van der Waals surface area contributed by atoms with Gasteiger partial charge >= 0.3 is 5.97 Å². The van der Waals surface area contributed by atoms with E-state index < -0.39 is 23.5 Å². The number of hydrogen-bond donors (Lipinski definition) is 0. The molecule has 3 aliphatic rings. The normalized spacial score (nSPS) is 30.0. The highest BCUT2D eigenvalue weighted by atomic mass is 79.9. The Balaban J connectivity index is 1.40. The van der Waals surface area contributed by atoms with Crippen molar-refractivity contribution in [2.45, 2.75) is 18.3 Å². The summed E-state index contributed by atoms with van der Waals surface area (Å²) in [6, 6.07) is 17.1. The summed E-state index contributed by atoms with van der Waals surface area (Å²) in [5.74, 6) is -1.65. The Morgan fingerprint density at radius 3 is 2.71 bits per heavy atom. The van der Waals surface area contributed by atoms with E-state index >= 15 is 0 Å². The zero-order valence-electron chi connectivity index (χ0n) is 15.0. The second kappa shape index (κ2) is 6.57. The van der Waals surface area contributed by atoms with Gasteiger partial charge in [0, 0.05) is 4.47 Å². The Hall–Kier alpha value is -2.44. The molecule has 2 aromatic rings. The number of halogens is 1. The molecule has 5 nitrogen and oxygen atoms in total. The first kappa shape index (κ1) is 17.6. The van der Waals surface area contributed by atoms with Gasteiger partial charge in [0.1, 0.15) is 18.1 Å². The number of para-hydroxylation sites is 1. The molecule has 0 aliphatic carbocycles. The Bertz CT molecular complexity index is 976. The summed E-state index contributed by atoms with van der Waals surface area (Å²) in [6.45, 7) is 0.586. The first-order chi connectivity index (χ1) is 13.6. The fourth-order valence-corrected chi connectivity index (χ4v) is 4.97. The van der Waals surface area contributed by atoms with E-state index in [1.54, 1.807) is 4.90 Å². The van der Waals surface area contributed by atoms with Crippen LogP contribution >= 0.6 is 15.9 Å². The molecular formula is C22H18BrNO4. The van der Waals surface area contributed by atoms with Crippen molar-refractivity contribution in [1.29, 1.82) is 0 Å². The average Bonchev–Trinajstić information content (AvgIpc) is 3.36. The summed E-state index contributed by atoms with van der Waals surface area (Å²) in [5.41, 5.74) is 0.943. The van der Waals surface area contributed by atoms with Crippen LogP contribution in [0.5, 0.6) is 0 Å². The summed E-state index contributed by atoms with van der Waals surface area (Å²) in [4.78, 5) is 27.9. The van der Waals surface area contributed by atoms with Crippen LogP contribution in [0.4, 0.5) is 5.69 Å². The standard InChI is InChI=1S/C22H18BrNO4/c23-15-8-4-5-9-16(15)24-13-22-11-10-17(28-22)18(19(22)20(24)25)21(26)27-12-14-6-2-1-3-7-14/h1-11,17-19H,12-13H2/t17-,18+,19-,22+/m1/s1. The van der Waals surface area contributed by atoms with Gasteiger partial charge in [-0.05, 0) is 33.6 Å². The SMILES string of the molecule is O=C(OCc1ccccc1)[C@H]1[C@H]2C=C[C@@]3(CN(c4ccccc4Br)C(=O)[C@@H]13)O2. The second-order valence-corrected chi connectivity index (χ2v) is 8.22. The molecule has 0 aromatic heterocycles. The number of hydrogen-bond acceptors (Lipinski definition) is 4. The van der Waals surface area contributed by atoms with Crippen molar-refractivity contribution in [2.24, 2.45) is 11.8 Å². The predicted molar refractivity (Wildman–Crippen MR) is 106 cm³/mol. The van der Waals surface area contributed by atoms with Crippen molar-refractivity contribution in [2.75, 3.05) is 11.4 Å². The molecule has 5 rings (SSSR count). The van der Waals surface area contributed by atoms with Gasteiger partial charge in [0.25, 0.3) is 0 Å². The van der Waals surface area contributed by atoms with Gasteiger partial charge in [-0.25, -0.2) is 0 Å². The summed E-state index contributed by atoms with van der Waals surface area (Å²) in [5, 5.41) is 0. The highest BCUT2D eigenvalue weighted by Crippen LogP contribution is 2.53. The van der Waals surface area contributed by atoms with Crippen LogP contribution in [0.1, 0.15) is 5.56 Å². The molecule has 2 fully saturated rings. The number of amides is 1. The van der Waals surface area contributed by atoms with E-state index in [1.807, 2.05) is 66.7 Å². The average molecular weight is 440 g/mol. The highest BCUT2D eigenvalue weighted by Gasteiger charge is 2.67. The molecule has 0 saturated carbocycles. The lowest BCUT2D eigenvalue weighted by Gasteiger charge is -2.22. The first-order valence-corrected chi connectivity index (χ1v) is 10.0. The van der Waals surface area contributed by atoms with Gasteiger partial charge in [0.2, 0.25) is 5.91 Å². The molecule has 2 saturated heterocycles. The molecule has 2 bridgehead atoms. The zero-order chi connectivity index (χ0) is 19.3. The molecular weight excluding hydrogens is 422 g/mol. The second-order valence-electron chi connectivity index (χ2n) is 7.37. The van der Waals surface area contributed by atoms with Gasteiger partial charge in [-0.1, -0.05) is 54.6 Å². The third-order valence-corrected chi connectivity index (χ3v) is 6.41. The first-order valence-electron chi connectivity index (χ1n) is 9.23. The zero-order valence-corrected chi connectivity index (χ0v) is 16.5. The number of esters is 1. The van der Waals surface area contributed by atoms with E-state index in [-0.39, 0.29) is 18.5 Å². The lowest BCUT2D eigenvalue weighted by atomic mass is 9.77. The minimum absolute atomic E-state index is 0.0968. The molecule has 0 unspecified atom stereocenters. The molecule has 0 N–H and O–H groups in total. The van der Waals surface area contributed by atoms with Crippen LogP contribution in [-0.2, 0) is 25.7 Å². The Labute approximate surface area is 171 Å². The molecule has 3 aliphatic heterocycles. The molecule has 28 heavy (non-hydrogen) atoms. The van der Waals surface area contributed by atoms with Crippen LogP contribution in [0.25, 0.3) is 0 Å². The number of benzene rings is 2. The number of nitrogens with zero attached hydrogens (tertiary/aromatic N) is 1. The molecule has 1 amide bonds. The maximum absolute atomic E-state index is 13.3. The molecule has 1 spiro atoms. The van der Waals surface area contributed by atoms with Crippen LogP contribution in [0.3, 0.4) is 0 Å². The number of carbonyl (C=O) groups excluding carboxylic acids is 2. The minimum Gasteiger partial charge on any atom is -0.460 e. The van der Waals surface area contributed by atoms with Crippen molar-refractivity contribution in [1.82, 2.24) is 0 Å². The third kappa shape index (κ3) is 2.63. The number of fused-ring (bicyclic) bond motifs is 1. The summed E-state index contributed by atoms with van der Waals surface area (Å²) >= 11 is 3.51. The van der Waals surface area contributed by atoms with Gasteiger partial charge in [-0.3, -0.25) is 9.59 Å². The number of anilines is 1. The summed E-state index contributed by atoms with van der Waals surface area (Å²) in [6.07, 6.45) is 3.43. The fourth-order valence-electron chi connectivity index (χ4n) is 4.47. The fraction of sp³-hybridized carbons (Fsp3) is 0.273. The van der Waals surface area contributed by atoms with Crippen LogP contribution in [0, 0.1) is 11.8 Å². The number of rotatable bonds is 4. The Morgan fingerprint density at radius 2 is 1.93 bits per heavy atom. The van der Waals surface area contributed by atoms with Crippen molar-refractivity contribution >= 4 is 33.5 Å². The van der Waals surface area contributed by atoms with Crippen molar-refractivity contribution in [3.05, 3.63) is 76.8 Å². The molecule has 4 atom stereocenters. The molecule has 2 aromatic carbocycles. The van der Waals surface area contributed by atoms with E-state index in [0.717, 1.165) is 15.7 Å². The quantitative estimate of drug-likeness (QED) is 0.540. The number of ether oxygens (including phenoxy) is 2. The van der Waals surface area contributed by atoms with E-state index in [0.29, 0.717) is 6.54 Å². The van der Waals surface area contributed by atoms with E-state index in [4.69, 9.17) is 9.47 Å². The smallest absolute Gasteiger partial charge is 0.313 e. The van der Waals surface area contributed by atoms with Crippen LogP contribution in [0.2, 0.25) is 0 Å². The van der Waals surface area contributed by atoms with Crippen LogP contribution in [-0.4, -0.2) is 30.1 Å². The summed E-state index contributed by atoms with van der Waals surface area (Å²) in [7, 11) is 0. The molecule has 142 valence electrons. The van der Waals surface area contributed by atoms with Crippen molar-refractivity contribution in [3.63, 3.8) is 0 Å². The van der Waals surface area contributed by atoms with Gasteiger partial charge in [-0.2, -0.15) is 0 Å². The molecule has 0 radical (unpaired) electrons. The lowest BCUT2D eigenvalue weighted by Crippen LogP contribution is -2.40. The van der Waals surface area contributed by atoms with Crippen LogP contribution < -0.4 is 4.90 Å². The van der Waals surface area contributed by atoms with E-state index in [9.17, 15) is 9.59 Å². The minimum atomic E-state index is -0.756. The third-order valence-electron chi connectivity index (χ3n) is 5.74. The number of carbonyl (C=O) groups is 2. The van der Waals surface area contributed by atoms with Gasteiger partial charge in [-0.15, -0.1) is 0 Å². The maximum Gasteiger partial charge on any atom is 0.313 e. The van der Waals surface area contributed by atoms with Crippen molar-refractivity contribution < 1.29 is 19.1 Å². The highest BCUT2D eigenvalue weighted by molar-refractivity contribution is 9.10.